The Balaban J connectivity index is 1.67. The van der Waals surface area contributed by atoms with E-state index in [1.165, 1.54) is 18.6 Å². The zero-order valence-electron chi connectivity index (χ0n) is 10.8. The summed E-state index contributed by atoms with van der Waals surface area (Å²) < 4.78 is 18.6. The van der Waals surface area contributed by atoms with Crippen molar-refractivity contribution in [2.45, 2.75) is 31.4 Å². The molecule has 2 unspecified atom stereocenters. The molecule has 102 valence electrons. The predicted octanol–water partition coefficient (Wildman–Crippen LogP) is 2.26. The van der Waals surface area contributed by atoms with E-state index in [1.807, 2.05) is 0 Å². The molecule has 0 spiro atoms. The average molecular weight is 263 g/mol. The number of carbonyl (C=O) groups excluding carboxylic acids is 1. The zero-order valence-corrected chi connectivity index (χ0v) is 10.8. The van der Waals surface area contributed by atoms with Crippen molar-refractivity contribution < 1.29 is 13.9 Å². The van der Waals surface area contributed by atoms with Crippen LogP contribution in [0.5, 0.6) is 0 Å². The number of benzene rings is 1. The van der Waals surface area contributed by atoms with E-state index in [4.69, 9.17) is 4.74 Å². The predicted molar refractivity (Wildman–Crippen MR) is 69.7 cm³/mol. The van der Waals surface area contributed by atoms with Crippen molar-refractivity contribution in [1.82, 2.24) is 4.90 Å². The Hall–Kier alpha value is -1.26. The fraction of sp³-hybridized carbons (Fsp3) is 0.533. The summed E-state index contributed by atoms with van der Waals surface area (Å²) >= 11 is 0. The van der Waals surface area contributed by atoms with E-state index in [0.717, 1.165) is 19.4 Å². The van der Waals surface area contributed by atoms with Gasteiger partial charge in [-0.15, -0.1) is 0 Å². The summed E-state index contributed by atoms with van der Waals surface area (Å²) in [6.45, 7) is 1.93. The third-order valence-corrected chi connectivity index (χ3v) is 4.11. The molecule has 1 saturated heterocycles. The van der Waals surface area contributed by atoms with Crippen LogP contribution in [0, 0.1) is 5.82 Å². The Kier molecular flexibility index (Phi) is 3.62. The van der Waals surface area contributed by atoms with Gasteiger partial charge in [-0.1, -0.05) is 0 Å². The van der Waals surface area contributed by atoms with Crippen LogP contribution < -0.4 is 0 Å². The lowest BCUT2D eigenvalue weighted by atomic mass is 10.1. The Morgan fingerprint density at radius 3 is 2.89 bits per heavy atom. The van der Waals surface area contributed by atoms with E-state index in [2.05, 4.69) is 4.90 Å². The van der Waals surface area contributed by atoms with Crippen molar-refractivity contribution in [1.29, 1.82) is 0 Å². The molecule has 0 bridgehead atoms. The van der Waals surface area contributed by atoms with Gasteiger partial charge in [-0.2, -0.15) is 0 Å². The van der Waals surface area contributed by atoms with E-state index in [0.29, 0.717) is 30.9 Å². The molecule has 4 heteroatoms. The number of morpholine rings is 1. The van der Waals surface area contributed by atoms with Crippen molar-refractivity contribution in [3.8, 4) is 0 Å². The summed E-state index contributed by atoms with van der Waals surface area (Å²) in [5.74, 6) is -0.244. The van der Waals surface area contributed by atoms with Crippen molar-refractivity contribution in [3.63, 3.8) is 0 Å². The normalized spacial score (nSPS) is 27.2. The van der Waals surface area contributed by atoms with Crippen LogP contribution in [0.3, 0.4) is 0 Å². The molecular weight excluding hydrogens is 245 g/mol. The number of halogens is 1. The van der Waals surface area contributed by atoms with Gasteiger partial charge in [0.05, 0.1) is 19.3 Å². The summed E-state index contributed by atoms with van der Waals surface area (Å²) in [4.78, 5) is 14.4. The molecule has 2 aliphatic rings. The minimum absolute atomic E-state index is 0.0625. The topological polar surface area (TPSA) is 29.5 Å². The van der Waals surface area contributed by atoms with Gasteiger partial charge in [0.15, 0.2) is 5.78 Å². The van der Waals surface area contributed by atoms with E-state index in [9.17, 15) is 9.18 Å². The summed E-state index contributed by atoms with van der Waals surface area (Å²) in [5, 5.41) is 0. The second kappa shape index (κ2) is 5.39. The number of Topliss-reactive ketones (excluding diaryl/α,β-unsaturated/α-hetero) is 1. The summed E-state index contributed by atoms with van der Waals surface area (Å²) in [7, 11) is 0. The van der Waals surface area contributed by atoms with Gasteiger partial charge < -0.3 is 4.74 Å². The minimum Gasteiger partial charge on any atom is -0.375 e. The van der Waals surface area contributed by atoms with E-state index in [1.54, 1.807) is 12.1 Å². The highest BCUT2D eigenvalue weighted by Crippen LogP contribution is 2.29. The quantitative estimate of drug-likeness (QED) is 0.783. The molecule has 3 nitrogen and oxygen atoms in total. The van der Waals surface area contributed by atoms with Crippen LogP contribution in [0.25, 0.3) is 0 Å². The average Bonchev–Trinajstić information content (AvgIpc) is 2.89. The molecule has 1 aliphatic heterocycles. The lowest BCUT2D eigenvalue weighted by Crippen LogP contribution is -2.50. The number of ketones is 1. The van der Waals surface area contributed by atoms with Gasteiger partial charge in [-0.3, -0.25) is 9.69 Å². The second-order valence-electron chi connectivity index (χ2n) is 5.31. The lowest BCUT2D eigenvalue weighted by Gasteiger charge is -2.37. The minimum atomic E-state index is -0.307. The number of ether oxygens (including phenoxy) is 1. The van der Waals surface area contributed by atoms with Gasteiger partial charge >= 0.3 is 0 Å². The highest BCUT2D eigenvalue weighted by atomic mass is 19.1. The number of carbonyl (C=O) groups is 1. The zero-order chi connectivity index (χ0) is 13.2. The fourth-order valence-corrected chi connectivity index (χ4v) is 3.11. The number of hydrogen-bond acceptors (Lipinski definition) is 3. The molecule has 2 atom stereocenters. The van der Waals surface area contributed by atoms with Crippen LogP contribution in [-0.4, -0.2) is 42.5 Å². The maximum atomic E-state index is 12.8. The van der Waals surface area contributed by atoms with E-state index in [-0.39, 0.29) is 11.6 Å². The monoisotopic (exact) mass is 263 g/mol. The van der Waals surface area contributed by atoms with E-state index >= 15 is 0 Å². The van der Waals surface area contributed by atoms with Gasteiger partial charge in [0.1, 0.15) is 5.82 Å². The first-order valence-corrected chi connectivity index (χ1v) is 6.88. The van der Waals surface area contributed by atoms with Gasteiger partial charge in [-0.05, 0) is 43.5 Å². The maximum Gasteiger partial charge on any atom is 0.176 e. The highest BCUT2D eigenvalue weighted by Gasteiger charge is 2.36. The molecule has 1 aliphatic carbocycles. The Labute approximate surface area is 112 Å². The molecule has 19 heavy (non-hydrogen) atoms. The third-order valence-electron chi connectivity index (χ3n) is 4.11. The molecule has 0 aromatic heterocycles. The molecule has 1 aromatic carbocycles. The first-order valence-electron chi connectivity index (χ1n) is 6.88. The van der Waals surface area contributed by atoms with Gasteiger partial charge in [0.25, 0.3) is 0 Å². The van der Waals surface area contributed by atoms with Crippen LogP contribution >= 0.6 is 0 Å². The molecule has 0 N–H and O–H groups in total. The molecule has 1 aromatic rings. The van der Waals surface area contributed by atoms with Crippen LogP contribution in [-0.2, 0) is 4.74 Å². The van der Waals surface area contributed by atoms with Crippen LogP contribution in [0.2, 0.25) is 0 Å². The van der Waals surface area contributed by atoms with Crippen molar-refractivity contribution >= 4 is 5.78 Å². The van der Waals surface area contributed by atoms with Crippen LogP contribution in [0.1, 0.15) is 29.6 Å². The SMILES string of the molecule is O=C(CN1CCOC2CCCC21)c1ccc(F)cc1. The van der Waals surface area contributed by atoms with Gasteiger partial charge in [0.2, 0.25) is 0 Å². The number of hydrogen-bond donors (Lipinski definition) is 0. The summed E-state index contributed by atoms with van der Waals surface area (Å²) in [6, 6.07) is 6.18. The fourth-order valence-electron chi connectivity index (χ4n) is 3.11. The highest BCUT2D eigenvalue weighted by molar-refractivity contribution is 5.97. The lowest BCUT2D eigenvalue weighted by molar-refractivity contribution is -0.0522. The Morgan fingerprint density at radius 1 is 1.32 bits per heavy atom. The molecule has 1 heterocycles. The molecule has 3 rings (SSSR count). The number of nitrogens with zero attached hydrogens (tertiary/aromatic N) is 1. The summed E-state index contributed by atoms with van der Waals surface area (Å²) in [5.41, 5.74) is 0.586. The van der Waals surface area contributed by atoms with Crippen LogP contribution in [0.15, 0.2) is 24.3 Å². The first kappa shape index (κ1) is 12.8. The maximum absolute atomic E-state index is 12.8. The third kappa shape index (κ3) is 2.69. The first-order chi connectivity index (χ1) is 9.24. The molecule has 1 saturated carbocycles. The second-order valence-corrected chi connectivity index (χ2v) is 5.31. The largest absolute Gasteiger partial charge is 0.375 e. The summed E-state index contributed by atoms with van der Waals surface area (Å²) in [6.07, 6.45) is 3.69. The number of rotatable bonds is 3. The van der Waals surface area contributed by atoms with Gasteiger partial charge in [0, 0.05) is 18.2 Å². The Bertz CT molecular complexity index is 460. The van der Waals surface area contributed by atoms with Crippen molar-refractivity contribution in [2.75, 3.05) is 19.7 Å². The smallest absolute Gasteiger partial charge is 0.176 e. The van der Waals surface area contributed by atoms with Gasteiger partial charge in [-0.25, -0.2) is 4.39 Å². The van der Waals surface area contributed by atoms with Crippen molar-refractivity contribution in [3.05, 3.63) is 35.6 Å². The molecular formula is C15H18FNO2. The Morgan fingerprint density at radius 2 is 2.11 bits per heavy atom. The number of fused-ring (bicyclic) bond motifs is 1. The standard InChI is InChI=1S/C15H18FNO2/c16-12-6-4-11(5-7-12)14(18)10-17-8-9-19-15-3-1-2-13(15)17/h4-7,13,15H,1-3,8-10H2. The van der Waals surface area contributed by atoms with Crippen LogP contribution in [0.4, 0.5) is 4.39 Å². The molecule has 0 amide bonds. The molecule has 0 radical (unpaired) electrons. The molecule has 2 fully saturated rings. The van der Waals surface area contributed by atoms with E-state index < -0.39 is 0 Å². The van der Waals surface area contributed by atoms with Crippen molar-refractivity contribution in [2.24, 2.45) is 0 Å².